The van der Waals surface area contributed by atoms with Gasteiger partial charge in [0, 0.05) is 15.7 Å². The molecule has 1 rings (SSSR count). The maximum absolute atomic E-state index is 11.8. The number of hydrogen-bond donors (Lipinski definition) is 1. The fourth-order valence-corrected chi connectivity index (χ4v) is 3.07. The van der Waals surface area contributed by atoms with Crippen molar-refractivity contribution in [3.05, 3.63) is 27.8 Å². The summed E-state index contributed by atoms with van der Waals surface area (Å²) in [6.07, 6.45) is 15.1. The van der Waals surface area contributed by atoms with Gasteiger partial charge in [0.05, 0.1) is 0 Å². The monoisotopic (exact) mass is 429 g/mol. The molecule has 0 bridgehead atoms. The molecule has 0 heterocycles. The maximum atomic E-state index is 11.8. The molecule has 2 nitrogen and oxygen atoms in total. The van der Waals surface area contributed by atoms with Crippen LogP contribution in [0, 0.1) is 3.57 Å². The minimum Gasteiger partial charge on any atom is -0.326 e. The van der Waals surface area contributed by atoms with Gasteiger partial charge in [-0.2, -0.15) is 0 Å². The largest absolute Gasteiger partial charge is 0.326 e. The number of anilines is 1. The molecule has 0 spiro atoms. The van der Waals surface area contributed by atoms with Crippen molar-refractivity contribution in [3.8, 4) is 0 Å². The van der Waals surface area contributed by atoms with Crippen LogP contribution < -0.4 is 5.32 Å². The van der Waals surface area contributed by atoms with Crippen molar-refractivity contribution in [2.45, 2.75) is 84.0 Å². The molecule has 0 radical (unpaired) electrons. The van der Waals surface area contributed by atoms with Gasteiger partial charge in [-0.05, 0) is 53.3 Å². The predicted octanol–water partition coefficient (Wildman–Crippen LogP) is 6.93. The van der Waals surface area contributed by atoms with Crippen molar-refractivity contribution in [2.24, 2.45) is 0 Å². The molecule has 23 heavy (non-hydrogen) atoms. The van der Waals surface area contributed by atoms with E-state index in [2.05, 4.69) is 34.8 Å². The Balaban J connectivity index is 1.90. The number of nitrogens with one attached hydrogen (secondary N) is 1. The molecular weight excluding hydrogens is 397 g/mol. The molecule has 3 heteroatoms. The zero-order valence-electron chi connectivity index (χ0n) is 14.6. The van der Waals surface area contributed by atoms with Gasteiger partial charge < -0.3 is 5.32 Å². The second-order valence-corrected chi connectivity index (χ2v) is 7.59. The fourth-order valence-electron chi connectivity index (χ4n) is 2.71. The Kier molecular flexibility index (Phi) is 12.3. The average Bonchev–Trinajstić information content (AvgIpc) is 2.55. The highest BCUT2D eigenvalue weighted by Gasteiger charge is 2.02. The molecular formula is C20H32INO. The topological polar surface area (TPSA) is 29.1 Å². The number of halogens is 1. The predicted molar refractivity (Wildman–Crippen MR) is 109 cm³/mol. The lowest BCUT2D eigenvalue weighted by molar-refractivity contribution is -0.116. The number of carbonyl (C=O) groups excluding carboxylic acids is 1. The van der Waals surface area contributed by atoms with Gasteiger partial charge in [-0.3, -0.25) is 4.79 Å². The zero-order valence-corrected chi connectivity index (χ0v) is 16.7. The second-order valence-electron chi connectivity index (χ2n) is 6.34. The molecule has 1 aromatic rings. The van der Waals surface area contributed by atoms with Crippen LogP contribution in [-0.4, -0.2) is 5.91 Å². The van der Waals surface area contributed by atoms with Gasteiger partial charge in [-0.15, -0.1) is 0 Å². The van der Waals surface area contributed by atoms with Gasteiger partial charge in [0.15, 0.2) is 0 Å². The molecule has 0 aliphatic carbocycles. The molecule has 0 aliphatic rings. The van der Waals surface area contributed by atoms with Crippen LogP contribution in [0.15, 0.2) is 24.3 Å². The first-order valence-corrected chi connectivity index (χ1v) is 10.4. The zero-order chi connectivity index (χ0) is 16.8. The van der Waals surface area contributed by atoms with Crippen LogP contribution in [0.25, 0.3) is 0 Å². The van der Waals surface area contributed by atoms with Gasteiger partial charge in [0.2, 0.25) is 5.91 Å². The minimum absolute atomic E-state index is 0.141. The Bertz CT molecular complexity index is 416. The van der Waals surface area contributed by atoms with Crippen molar-refractivity contribution < 1.29 is 4.79 Å². The number of unbranched alkanes of at least 4 members (excludes halogenated alkanes) is 10. The molecule has 0 saturated carbocycles. The highest BCUT2D eigenvalue weighted by molar-refractivity contribution is 14.1. The van der Waals surface area contributed by atoms with Crippen molar-refractivity contribution in [2.75, 3.05) is 5.32 Å². The average molecular weight is 429 g/mol. The van der Waals surface area contributed by atoms with Gasteiger partial charge in [-0.1, -0.05) is 71.1 Å². The van der Waals surface area contributed by atoms with E-state index in [-0.39, 0.29) is 5.91 Å². The standard InChI is InChI=1S/C20H32INO/c1-2-3-4-5-6-7-8-9-10-11-12-13-20(23)22-19-16-14-18(21)15-17-19/h14-17H,2-13H2,1H3,(H,22,23). The number of rotatable bonds is 13. The molecule has 1 amide bonds. The van der Waals surface area contributed by atoms with Crippen LogP contribution in [0.3, 0.4) is 0 Å². The summed E-state index contributed by atoms with van der Waals surface area (Å²) in [6.45, 7) is 2.26. The normalized spacial score (nSPS) is 10.7. The van der Waals surface area contributed by atoms with Crippen molar-refractivity contribution in [3.63, 3.8) is 0 Å². The SMILES string of the molecule is CCCCCCCCCCCCCC(=O)Nc1ccc(I)cc1. The quantitative estimate of drug-likeness (QED) is 0.267. The number of hydrogen-bond acceptors (Lipinski definition) is 1. The Morgan fingerprint density at radius 1 is 0.826 bits per heavy atom. The minimum atomic E-state index is 0.141. The Morgan fingerprint density at radius 3 is 1.83 bits per heavy atom. The third-order valence-corrected chi connectivity index (χ3v) is 4.85. The van der Waals surface area contributed by atoms with Crippen LogP contribution in [0.4, 0.5) is 5.69 Å². The van der Waals surface area contributed by atoms with Crippen molar-refractivity contribution >= 4 is 34.2 Å². The summed E-state index contributed by atoms with van der Waals surface area (Å²) in [5, 5.41) is 2.96. The van der Waals surface area contributed by atoms with Gasteiger partial charge in [-0.25, -0.2) is 0 Å². The first kappa shape index (κ1) is 20.5. The van der Waals surface area contributed by atoms with Crippen molar-refractivity contribution in [1.29, 1.82) is 0 Å². The van der Waals surface area contributed by atoms with E-state index in [1.807, 2.05) is 24.3 Å². The van der Waals surface area contributed by atoms with Gasteiger partial charge in [0.1, 0.15) is 0 Å². The second kappa shape index (κ2) is 13.8. The molecule has 0 fully saturated rings. The van der Waals surface area contributed by atoms with Crippen LogP contribution in [0.5, 0.6) is 0 Å². The van der Waals surface area contributed by atoms with E-state index in [9.17, 15) is 4.79 Å². The molecule has 0 aromatic heterocycles. The summed E-state index contributed by atoms with van der Waals surface area (Å²) in [5.41, 5.74) is 0.901. The highest BCUT2D eigenvalue weighted by Crippen LogP contribution is 2.14. The Morgan fingerprint density at radius 2 is 1.30 bits per heavy atom. The summed E-state index contributed by atoms with van der Waals surface area (Å²) >= 11 is 2.27. The summed E-state index contributed by atoms with van der Waals surface area (Å²) < 4.78 is 1.19. The van der Waals surface area contributed by atoms with E-state index in [1.54, 1.807) is 0 Å². The number of amides is 1. The first-order valence-electron chi connectivity index (χ1n) is 9.28. The highest BCUT2D eigenvalue weighted by atomic mass is 127. The third kappa shape index (κ3) is 11.6. The van der Waals surface area contributed by atoms with Crippen LogP contribution in [0.1, 0.15) is 84.0 Å². The van der Waals surface area contributed by atoms with E-state index in [0.29, 0.717) is 6.42 Å². The molecule has 1 N–H and O–H groups in total. The molecule has 130 valence electrons. The lowest BCUT2D eigenvalue weighted by atomic mass is 10.1. The molecule has 0 atom stereocenters. The smallest absolute Gasteiger partial charge is 0.224 e. The summed E-state index contributed by atoms with van der Waals surface area (Å²) in [5.74, 6) is 0.141. The lowest BCUT2D eigenvalue weighted by Crippen LogP contribution is -2.10. The van der Waals surface area contributed by atoms with Crippen LogP contribution >= 0.6 is 22.6 Å². The maximum Gasteiger partial charge on any atom is 0.224 e. The summed E-state index contributed by atoms with van der Waals surface area (Å²) in [6, 6.07) is 7.94. The van der Waals surface area contributed by atoms with E-state index in [4.69, 9.17) is 0 Å². The molecule has 1 aromatic carbocycles. The van der Waals surface area contributed by atoms with E-state index in [0.717, 1.165) is 12.1 Å². The number of carbonyl (C=O) groups is 1. The van der Waals surface area contributed by atoms with E-state index < -0.39 is 0 Å². The summed E-state index contributed by atoms with van der Waals surface area (Å²) in [7, 11) is 0. The molecule has 0 saturated heterocycles. The van der Waals surface area contributed by atoms with Gasteiger partial charge >= 0.3 is 0 Å². The van der Waals surface area contributed by atoms with E-state index >= 15 is 0 Å². The fraction of sp³-hybridized carbons (Fsp3) is 0.650. The van der Waals surface area contributed by atoms with Gasteiger partial charge in [0.25, 0.3) is 0 Å². The Labute approximate surface area is 156 Å². The lowest BCUT2D eigenvalue weighted by Gasteiger charge is -2.05. The van der Waals surface area contributed by atoms with Crippen LogP contribution in [0.2, 0.25) is 0 Å². The first-order chi connectivity index (χ1) is 11.2. The van der Waals surface area contributed by atoms with Crippen LogP contribution in [-0.2, 0) is 4.79 Å². The summed E-state index contributed by atoms with van der Waals surface area (Å²) in [4.78, 5) is 11.8. The number of benzene rings is 1. The molecule has 0 aliphatic heterocycles. The van der Waals surface area contributed by atoms with E-state index in [1.165, 1.54) is 67.8 Å². The Hall–Kier alpha value is -0.580. The third-order valence-electron chi connectivity index (χ3n) is 4.14. The molecule has 0 unspecified atom stereocenters. The van der Waals surface area contributed by atoms with Crippen molar-refractivity contribution in [1.82, 2.24) is 0 Å².